The fraction of sp³-hybridized carbons (Fsp3) is 0.417. The average Bonchev–Trinajstić information content (AvgIpc) is 3.11. The second-order valence-corrected chi connectivity index (χ2v) is 8.50. The van der Waals surface area contributed by atoms with Gasteiger partial charge in [-0.05, 0) is 31.7 Å². The van der Waals surface area contributed by atoms with Crippen LogP contribution in [0.15, 0.2) is 42.7 Å². The van der Waals surface area contributed by atoms with Gasteiger partial charge in [0.2, 0.25) is 5.91 Å². The van der Waals surface area contributed by atoms with Crippen LogP contribution in [0.3, 0.4) is 0 Å². The highest BCUT2D eigenvalue weighted by molar-refractivity contribution is 5.79. The van der Waals surface area contributed by atoms with E-state index in [1.807, 2.05) is 61.6 Å². The number of aryl methyl sites for hydroxylation is 2. The van der Waals surface area contributed by atoms with Crippen molar-refractivity contribution in [1.82, 2.24) is 24.6 Å². The van der Waals surface area contributed by atoms with Gasteiger partial charge in [-0.2, -0.15) is 5.10 Å². The molecule has 5 rings (SSSR count). The lowest BCUT2D eigenvalue weighted by molar-refractivity contribution is -0.140. The van der Waals surface area contributed by atoms with Gasteiger partial charge in [-0.3, -0.25) is 9.48 Å². The summed E-state index contributed by atoms with van der Waals surface area (Å²) in [5.41, 5.74) is 4.65. The molecule has 4 heterocycles. The molecule has 2 aliphatic rings. The molecule has 7 nitrogen and oxygen atoms in total. The third kappa shape index (κ3) is 3.74. The van der Waals surface area contributed by atoms with Gasteiger partial charge in [0.05, 0.1) is 24.4 Å². The molecule has 0 bridgehead atoms. The van der Waals surface area contributed by atoms with Crippen LogP contribution in [0.25, 0.3) is 11.4 Å². The first-order chi connectivity index (χ1) is 15.0. The Morgan fingerprint density at radius 3 is 2.68 bits per heavy atom. The van der Waals surface area contributed by atoms with E-state index in [0.717, 1.165) is 53.2 Å². The lowest BCUT2D eigenvalue weighted by atomic mass is 9.83. The van der Waals surface area contributed by atoms with Crippen molar-refractivity contribution in [3.05, 3.63) is 65.2 Å². The first-order valence-electron chi connectivity index (χ1n) is 10.9. The summed E-state index contributed by atoms with van der Waals surface area (Å²) in [6.45, 7) is 3.96. The molecule has 2 aliphatic heterocycles. The minimum Gasteiger partial charge on any atom is -0.368 e. The molecule has 1 spiro atoms. The average molecular weight is 418 g/mol. The number of amides is 1. The summed E-state index contributed by atoms with van der Waals surface area (Å²) in [7, 11) is 1.88. The van der Waals surface area contributed by atoms with Crippen LogP contribution in [0.4, 0.5) is 0 Å². The second kappa shape index (κ2) is 7.89. The molecule has 7 heteroatoms. The Balaban J connectivity index is 1.35. The zero-order chi connectivity index (χ0) is 21.4. The van der Waals surface area contributed by atoms with Crippen molar-refractivity contribution in [3.8, 4) is 11.4 Å². The molecule has 0 aliphatic carbocycles. The number of ether oxygens (including phenoxy) is 1. The minimum atomic E-state index is -0.430. The Morgan fingerprint density at radius 1 is 1.19 bits per heavy atom. The SMILES string of the molecule is Cc1nn(C)cc1CC(=O)N1CCC2(CC1)OCCc1cnc(-c3ccccc3)nc12. The number of piperidine rings is 1. The number of aromatic nitrogens is 4. The van der Waals surface area contributed by atoms with Crippen LogP contribution < -0.4 is 0 Å². The molecule has 0 radical (unpaired) electrons. The Hall–Kier alpha value is -3.06. The number of carbonyl (C=O) groups excluding carboxylic acids is 1. The lowest BCUT2D eigenvalue weighted by Gasteiger charge is -2.44. The van der Waals surface area contributed by atoms with Crippen molar-refractivity contribution in [1.29, 1.82) is 0 Å². The number of hydrogen-bond acceptors (Lipinski definition) is 5. The molecule has 31 heavy (non-hydrogen) atoms. The molecule has 1 saturated heterocycles. The fourth-order valence-corrected chi connectivity index (χ4v) is 4.73. The van der Waals surface area contributed by atoms with Gasteiger partial charge in [0.25, 0.3) is 0 Å². The maximum Gasteiger partial charge on any atom is 0.227 e. The summed E-state index contributed by atoms with van der Waals surface area (Å²) in [5, 5.41) is 4.35. The highest BCUT2D eigenvalue weighted by atomic mass is 16.5. The summed E-state index contributed by atoms with van der Waals surface area (Å²) in [4.78, 5) is 24.4. The van der Waals surface area contributed by atoms with E-state index in [2.05, 4.69) is 10.1 Å². The number of fused-ring (bicyclic) bond motifs is 2. The summed E-state index contributed by atoms with van der Waals surface area (Å²) < 4.78 is 8.11. The van der Waals surface area contributed by atoms with E-state index in [1.54, 1.807) is 4.68 Å². The third-order valence-electron chi connectivity index (χ3n) is 6.46. The summed E-state index contributed by atoms with van der Waals surface area (Å²) in [6, 6.07) is 10.0. The van der Waals surface area contributed by atoms with Gasteiger partial charge in [0.15, 0.2) is 5.82 Å². The van der Waals surface area contributed by atoms with E-state index in [1.165, 1.54) is 0 Å². The highest BCUT2D eigenvalue weighted by Crippen LogP contribution is 2.41. The van der Waals surface area contributed by atoms with Crippen LogP contribution in [-0.4, -0.2) is 50.3 Å². The van der Waals surface area contributed by atoms with E-state index >= 15 is 0 Å². The van der Waals surface area contributed by atoms with Gasteiger partial charge in [-0.25, -0.2) is 9.97 Å². The summed E-state index contributed by atoms with van der Waals surface area (Å²) >= 11 is 0. The molecular weight excluding hydrogens is 390 g/mol. The summed E-state index contributed by atoms with van der Waals surface area (Å²) in [5.74, 6) is 0.879. The zero-order valence-electron chi connectivity index (χ0n) is 18.0. The van der Waals surface area contributed by atoms with Gasteiger partial charge in [-0.1, -0.05) is 30.3 Å². The molecule has 2 aromatic heterocycles. The maximum absolute atomic E-state index is 12.9. The number of carbonyl (C=O) groups is 1. The van der Waals surface area contributed by atoms with E-state index in [0.29, 0.717) is 26.1 Å². The molecule has 1 amide bonds. The van der Waals surface area contributed by atoms with E-state index < -0.39 is 5.60 Å². The Labute approximate surface area is 182 Å². The topological polar surface area (TPSA) is 73.1 Å². The van der Waals surface area contributed by atoms with Crippen molar-refractivity contribution in [2.24, 2.45) is 7.05 Å². The van der Waals surface area contributed by atoms with E-state index in [-0.39, 0.29) is 5.91 Å². The molecule has 1 aromatic carbocycles. The van der Waals surface area contributed by atoms with Gasteiger partial charge >= 0.3 is 0 Å². The van der Waals surface area contributed by atoms with Gasteiger partial charge in [-0.15, -0.1) is 0 Å². The Morgan fingerprint density at radius 2 is 1.97 bits per heavy atom. The van der Waals surface area contributed by atoms with Crippen LogP contribution in [-0.2, 0) is 35.0 Å². The van der Waals surface area contributed by atoms with Crippen molar-refractivity contribution in [2.45, 2.75) is 38.2 Å². The van der Waals surface area contributed by atoms with E-state index in [9.17, 15) is 4.79 Å². The molecule has 0 atom stereocenters. The van der Waals surface area contributed by atoms with Crippen LogP contribution >= 0.6 is 0 Å². The standard InChI is InChI=1S/C24H27N5O2/c1-17-20(16-28(2)27-17)14-21(30)29-11-9-24(10-12-29)22-19(8-13-31-24)15-25-23(26-22)18-6-4-3-5-7-18/h3-7,15-16H,8-14H2,1-2H3. The van der Waals surface area contributed by atoms with Crippen LogP contribution in [0.2, 0.25) is 0 Å². The van der Waals surface area contributed by atoms with Crippen molar-refractivity contribution in [2.75, 3.05) is 19.7 Å². The van der Waals surface area contributed by atoms with Gasteiger partial charge in [0, 0.05) is 43.7 Å². The predicted octanol–water partition coefficient (Wildman–Crippen LogP) is 2.82. The quantitative estimate of drug-likeness (QED) is 0.655. The normalized spacial score (nSPS) is 17.5. The van der Waals surface area contributed by atoms with Crippen molar-refractivity contribution >= 4 is 5.91 Å². The lowest BCUT2D eigenvalue weighted by Crippen LogP contribution is -2.49. The minimum absolute atomic E-state index is 0.148. The van der Waals surface area contributed by atoms with Crippen LogP contribution in [0, 0.1) is 6.92 Å². The molecule has 1 fully saturated rings. The predicted molar refractivity (Wildman–Crippen MR) is 116 cm³/mol. The van der Waals surface area contributed by atoms with E-state index in [4.69, 9.17) is 9.72 Å². The molecule has 0 N–H and O–H groups in total. The largest absolute Gasteiger partial charge is 0.368 e. The number of nitrogens with zero attached hydrogens (tertiary/aromatic N) is 5. The van der Waals surface area contributed by atoms with Gasteiger partial charge < -0.3 is 9.64 Å². The molecular formula is C24H27N5O2. The second-order valence-electron chi connectivity index (χ2n) is 8.50. The monoisotopic (exact) mass is 417 g/mol. The fourth-order valence-electron chi connectivity index (χ4n) is 4.73. The van der Waals surface area contributed by atoms with Crippen molar-refractivity contribution < 1.29 is 9.53 Å². The summed E-state index contributed by atoms with van der Waals surface area (Å²) in [6.07, 6.45) is 6.62. The molecule has 0 saturated carbocycles. The Bertz CT molecular complexity index is 1100. The molecule has 0 unspecified atom stereocenters. The smallest absolute Gasteiger partial charge is 0.227 e. The van der Waals surface area contributed by atoms with Crippen LogP contribution in [0.5, 0.6) is 0 Å². The number of hydrogen-bond donors (Lipinski definition) is 0. The maximum atomic E-state index is 12.9. The molecule has 160 valence electrons. The van der Waals surface area contributed by atoms with Crippen molar-refractivity contribution in [3.63, 3.8) is 0 Å². The zero-order valence-corrected chi connectivity index (χ0v) is 18.0. The number of likely N-dealkylation sites (tertiary alicyclic amines) is 1. The Kier molecular flexibility index (Phi) is 5.06. The highest BCUT2D eigenvalue weighted by Gasteiger charge is 2.43. The van der Waals surface area contributed by atoms with Crippen LogP contribution in [0.1, 0.15) is 35.4 Å². The first kappa shape index (κ1) is 19.9. The number of benzene rings is 1. The first-order valence-corrected chi connectivity index (χ1v) is 10.9. The number of rotatable bonds is 3. The molecule has 3 aromatic rings. The third-order valence-corrected chi connectivity index (χ3v) is 6.46. The van der Waals surface area contributed by atoms with Gasteiger partial charge in [0.1, 0.15) is 5.60 Å².